The minimum atomic E-state index is 0.515. The standard InChI is InChI=1S/C14H14Br2N2O2/c1-3-4-13-17-12(16)8-14(18-13)20-11-6-5-9(19-2)7-10(11)15/h5-8H,3-4H2,1-2H3. The molecule has 0 spiro atoms. The van der Waals surface area contributed by atoms with E-state index in [-0.39, 0.29) is 0 Å². The first kappa shape index (κ1) is 15.3. The van der Waals surface area contributed by atoms with Crippen molar-refractivity contribution in [1.82, 2.24) is 9.97 Å². The van der Waals surface area contributed by atoms with Crippen LogP contribution in [0.15, 0.2) is 33.3 Å². The Kier molecular flexibility index (Phi) is 5.37. The van der Waals surface area contributed by atoms with Gasteiger partial charge in [0.05, 0.1) is 11.6 Å². The van der Waals surface area contributed by atoms with E-state index in [2.05, 4.69) is 48.8 Å². The minimum Gasteiger partial charge on any atom is -0.497 e. The largest absolute Gasteiger partial charge is 0.497 e. The van der Waals surface area contributed by atoms with Crippen LogP contribution in [0.3, 0.4) is 0 Å². The first-order valence-corrected chi connectivity index (χ1v) is 7.76. The van der Waals surface area contributed by atoms with E-state index in [1.54, 1.807) is 13.2 Å². The van der Waals surface area contributed by atoms with Crippen molar-refractivity contribution in [2.24, 2.45) is 0 Å². The van der Waals surface area contributed by atoms with Gasteiger partial charge in [0.2, 0.25) is 5.88 Å². The molecule has 0 bridgehead atoms. The van der Waals surface area contributed by atoms with E-state index in [1.807, 2.05) is 18.2 Å². The number of methoxy groups -OCH3 is 1. The Labute approximate surface area is 134 Å². The molecule has 2 rings (SSSR count). The lowest BCUT2D eigenvalue weighted by Gasteiger charge is -2.09. The zero-order valence-corrected chi connectivity index (χ0v) is 14.4. The molecule has 20 heavy (non-hydrogen) atoms. The van der Waals surface area contributed by atoms with Crippen molar-refractivity contribution in [2.75, 3.05) is 7.11 Å². The fraction of sp³-hybridized carbons (Fsp3) is 0.286. The lowest BCUT2D eigenvalue weighted by atomic mass is 10.3. The van der Waals surface area contributed by atoms with E-state index in [9.17, 15) is 0 Å². The minimum absolute atomic E-state index is 0.515. The van der Waals surface area contributed by atoms with Gasteiger partial charge in [-0.2, -0.15) is 4.98 Å². The summed E-state index contributed by atoms with van der Waals surface area (Å²) in [6, 6.07) is 7.26. The van der Waals surface area contributed by atoms with Crippen LogP contribution in [0.2, 0.25) is 0 Å². The van der Waals surface area contributed by atoms with E-state index >= 15 is 0 Å². The van der Waals surface area contributed by atoms with Gasteiger partial charge in [0.25, 0.3) is 0 Å². The molecule has 0 saturated heterocycles. The van der Waals surface area contributed by atoms with Crippen LogP contribution >= 0.6 is 31.9 Å². The summed E-state index contributed by atoms with van der Waals surface area (Å²) in [7, 11) is 1.63. The second kappa shape index (κ2) is 7.04. The number of aryl methyl sites for hydroxylation is 1. The van der Waals surface area contributed by atoms with Crippen molar-refractivity contribution in [1.29, 1.82) is 0 Å². The Morgan fingerprint density at radius 3 is 2.60 bits per heavy atom. The van der Waals surface area contributed by atoms with Gasteiger partial charge in [-0.05, 0) is 56.5 Å². The number of ether oxygens (including phenoxy) is 2. The van der Waals surface area contributed by atoms with E-state index < -0.39 is 0 Å². The molecule has 1 heterocycles. The Bertz CT molecular complexity index is 606. The monoisotopic (exact) mass is 400 g/mol. The van der Waals surface area contributed by atoms with Gasteiger partial charge < -0.3 is 9.47 Å². The summed E-state index contributed by atoms with van der Waals surface area (Å²) in [5.41, 5.74) is 0. The van der Waals surface area contributed by atoms with Crippen LogP contribution < -0.4 is 9.47 Å². The maximum atomic E-state index is 5.79. The number of hydrogen-bond acceptors (Lipinski definition) is 4. The van der Waals surface area contributed by atoms with Crippen LogP contribution in [0.1, 0.15) is 19.2 Å². The van der Waals surface area contributed by atoms with E-state index in [0.717, 1.165) is 33.5 Å². The molecule has 0 unspecified atom stereocenters. The smallest absolute Gasteiger partial charge is 0.223 e. The van der Waals surface area contributed by atoms with Crippen LogP contribution in [0, 0.1) is 0 Å². The molecule has 1 aromatic carbocycles. The van der Waals surface area contributed by atoms with Crippen molar-refractivity contribution < 1.29 is 9.47 Å². The predicted molar refractivity (Wildman–Crippen MR) is 84.5 cm³/mol. The highest BCUT2D eigenvalue weighted by Crippen LogP contribution is 2.32. The van der Waals surface area contributed by atoms with E-state index in [4.69, 9.17) is 9.47 Å². The summed E-state index contributed by atoms with van der Waals surface area (Å²) in [5, 5.41) is 0. The molecule has 0 N–H and O–H groups in total. The molecule has 0 aliphatic rings. The predicted octanol–water partition coefficient (Wildman–Crippen LogP) is 4.76. The van der Waals surface area contributed by atoms with Gasteiger partial charge in [0.15, 0.2) is 0 Å². The van der Waals surface area contributed by atoms with Crippen molar-refractivity contribution in [3.05, 3.63) is 39.2 Å². The number of halogens is 2. The van der Waals surface area contributed by atoms with E-state index in [0.29, 0.717) is 11.6 Å². The molecular formula is C14H14Br2N2O2. The molecule has 0 saturated carbocycles. The van der Waals surface area contributed by atoms with Crippen LogP contribution in [0.5, 0.6) is 17.4 Å². The highest BCUT2D eigenvalue weighted by atomic mass is 79.9. The molecular weight excluding hydrogens is 388 g/mol. The van der Waals surface area contributed by atoms with E-state index in [1.165, 1.54) is 0 Å². The van der Waals surface area contributed by atoms with Crippen molar-refractivity contribution >= 4 is 31.9 Å². The number of nitrogens with zero attached hydrogens (tertiary/aromatic N) is 2. The summed E-state index contributed by atoms with van der Waals surface area (Å²) in [4.78, 5) is 8.70. The van der Waals surface area contributed by atoms with Crippen LogP contribution in [-0.4, -0.2) is 17.1 Å². The van der Waals surface area contributed by atoms with Gasteiger partial charge >= 0.3 is 0 Å². The third-order valence-electron chi connectivity index (χ3n) is 2.54. The number of aromatic nitrogens is 2. The van der Waals surface area contributed by atoms with Crippen LogP contribution in [-0.2, 0) is 6.42 Å². The van der Waals surface area contributed by atoms with Crippen LogP contribution in [0.25, 0.3) is 0 Å². The van der Waals surface area contributed by atoms with Crippen molar-refractivity contribution in [2.45, 2.75) is 19.8 Å². The fourth-order valence-corrected chi connectivity index (χ4v) is 2.47. The molecule has 0 radical (unpaired) electrons. The summed E-state index contributed by atoms with van der Waals surface area (Å²) < 4.78 is 12.5. The maximum absolute atomic E-state index is 5.79. The molecule has 0 aliphatic heterocycles. The fourth-order valence-electron chi connectivity index (χ4n) is 1.63. The summed E-state index contributed by atoms with van der Waals surface area (Å²) in [5.74, 6) is 2.72. The second-order valence-corrected chi connectivity index (χ2v) is 5.76. The first-order valence-electron chi connectivity index (χ1n) is 6.17. The van der Waals surface area contributed by atoms with Crippen molar-refractivity contribution in [3.8, 4) is 17.4 Å². The highest BCUT2D eigenvalue weighted by molar-refractivity contribution is 9.10. The average Bonchev–Trinajstić information content (AvgIpc) is 2.41. The number of rotatable bonds is 5. The second-order valence-electron chi connectivity index (χ2n) is 4.09. The third-order valence-corrected chi connectivity index (χ3v) is 3.57. The molecule has 4 nitrogen and oxygen atoms in total. The lowest BCUT2D eigenvalue weighted by molar-refractivity contribution is 0.411. The lowest BCUT2D eigenvalue weighted by Crippen LogP contribution is -1.98. The van der Waals surface area contributed by atoms with Gasteiger partial charge in [-0.15, -0.1) is 0 Å². The quantitative estimate of drug-likeness (QED) is 0.677. The van der Waals surface area contributed by atoms with Gasteiger partial charge in [0.1, 0.15) is 21.9 Å². The molecule has 1 aromatic heterocycles. The molecule has 0 fully saturated rings. The average molecular weight is 402 g/mol. The molecule has 6 heteroatoms. The topological polar surface area (TPSA) is 44.2 Å². The molecule has 106 valence electrons. The SMILES string of the molecule is CCCc1nc(Br)cc(Oc2ccc(OC)cc2Br)n1. The van der Waals surface area contributed by atoms with Gasteiger partial charge in [-0.1, -0.05) is 6.92 Å². The zero-order chi connectivity index (χ0) is 14.5. The molecule has 0 atom stereocenters. The third kappa shape index (κ3) is 3.93. The number of hydrogen-bond donors (Lipinski definition) is 0. The molecule has 0 amide bonds. The summed E-state index contributed by atoms with van der Waals surface area (Å²) >= 11 is 6.83. The normalized spacial score (nSPS) is 10.4. The first-order chi connectivity index (χ1) is 9.62. The number of benzene rings is 1. The van der Waals surface area contributed by atoms with Gasteiger partial charge in [-0.3, -0.25) is 0 Å². The highest BCUT2D eigenvalue weighted by Gasteiger charge is 2.08. The molecule has 0 aliphatic carbocycles. The van der Waals surface area contributed by atoms with Crippen LogP contribution in [0.4, 0.5) is 0 Å². The summed E-state index contributed by atoms with van der Waals surface area (Å²) in [6.45, 7) is 2.09. The maximum Gasteiger partial charge on any atom is 0.223 e. The Morgan fingerprint density at radius 2 is 1.95 bits per heavy atom. The van der Waals surface area contributed by atoms with Gasteiger partial charge in [-0.25, -0.2) is 4.98 Å². The Morgan fingerprint density at radius 1 is 1.15 bits per heavy atom. The molecule has 2 aromatic rings. The van der Waals surface area contributed by atoms with Crippen molar-refractivity contribution in [3.63, 3.8) is 0 Å². The summed E-state index contributed by atoms with van der Waals surface area (Å²) in [6.07, 6.45) is 1.81. The Hall–Kier alpha value is -1.14. The van der Waals surface area contributed by atoms with Gasteiger partial charge in [0, 0.05) is 12.5 Å². The Balaban J connectivity index is 2.25. The zero-order valence-electron chi connectivity index (χ0n) is 11.2.